The Morgan fingerprint density at radius 1 is 1.36 bits per heavy atom. The molecular formula is C19H26ClNO4. The molecule has 0 unspecified atom stereocenters. The highest BCUT2D eigenvalue weighted by molar-refractivity contribution is 5.85. The summed E-state index contributed by atoms with van der Waals surface area (Å²) in [7, 11) is 2.22. The molecule has 25 heavy (non-hydrogen) atoms. The first kappa shape index (κ1) is 18.5. The smallest absolute Gasteiger partial charge is 0.165 e. The molecule has 1 fully saturated rings. The van der Waals surface area contributed by atoms with Crippen molar-refractivity contribution >= 4 is 12.4 Å². The number of ether oxygens (including phenoxy) is 2. The van der Waals surface area contributed by atoms with Crippen molar-refractivity contribution in [1.29, 1.82) is 0 Å². The van der Waals surface area contributed by atoms with Gasteiger partial charge in [0, 0.05) is 22.9 Å². The van der Waals surface area contributed by atoms with Crippen LogP contribution in [-0.2, 0) is 11.8 Å². The van der Waals surface area contributed by atoms with Crippen LogP contribution < -0.4 is 9.47 Å². The first-order valence-corrected chi connectivity index (χ1v) is 8.69. The highest BCUT2D eigenvalue weighted by Gasteiger charge is 2.64. The van der Waals surface area contributed by atoms with E-state index in [-0.39, 0.29) is 29.4 Å². The molecule has 2 aliphatic carbocycles. The molecule has 3 N–H and O–H groups in total. The van der Waals surface area contributed by atoms with E-state index in [1.807, 2.05) is 19.1 Å². The van der Waals surface area contributed by atoms with Crippen molar-refractivity contribution in [3.63, 3.8) is 0 Å². The van der Waals surface area contributed by atoms with Crippen LogP contribution in [0.15, 0.2) is 24.3 Å². The zero-order valence-electron chi connectivity index (χ0n) is 14.6. The Labute approximate surface area is 154 Å². The number of nitrogens with zero attached hydrogens (tertiary/aromatic N) is 1. The molecule has 2 heterocycles. The van der Waals surface area contributed by atoms with Gasteiger partial charge in [0.05, 0.1) is 6.61 Å². The second-order valence-corrected chi connectivity index (χ2v) is 7.34. The summed E-state index contributed by atoms with van der Waals surface area (Å²) in [4.78, 5) is 2.48. The quantitative estimate of drug-likeness (QED) is 0.804. The minimum absolute atomic E-state index is 0. The van der Waals surface area contributed by atoms with Gasteiger partial charge in [-0.25, -0.2) is 0 Å². The van der Waals surface area contributed by atoms with Crippen molar-refractivity contribution in [1.82, 2.24) is 4.90 Å². The van der Waals surface area contributed by atoms with Gasteiger partial charge < -0.3 is 25.0 Å². The minimum Gasteiger partial charge on any atom is -0.490 e. The Hall–Kier alpha value is -1.27. The van der Waals surface area contributed by atoms with Crippen molar-refractivity contribution < 1.29 is 20.1 Å². The average molecular weight is 368 g/mol. The highest BCUT2D eigenvalue weighted by atomic mass is 35.5. The summed E-state index contributed by atoms with van der Waals surface area (Å²) in [6.07, 6.45) is 5.56. The number of halogens is 1. The summed E-state index contributed by atoms with van der Waals surface area (Å²) in [5.74, 6) is 2.14. The topological polar surface area (TPSA) is 73.4 Å². The number of hydrogen-bond acceptors (Lipinski definition) is 4. The number of piperidine rings is 1. The number of aliphatic hydroxyl groups excluding tert-OH is 1. The Morgan fingerprint density at radius 3 is 2.92 bits per heavy atom. The molecule has 0 amide bonds. The fourth-order valence-electron chi connectivity index (χ4n) is 5.50. The third-order valence-electron chi connectivity index (χ3n) is 6.43. The minimum atomic E-state index is -0.539. The number of likely N-dealkylation sites (tertiary alicyclic amines) is 1. The maximum atomic E-state index is 10.6. The second-order valence-electron chi connectivity index (χ2n) is 7.34. The van der Waals surface area contributed by atoms with E-state index in [4.69, 9.17) is 9.47 Å². The van der Waals surface area contributed by atoms with Gasteiger partial charge in [0.15, 0.2) is 11.5 Å². The number of hydrogen-bond donors (Lipinski definition) is 1. The fraction of sp³-hybridized carbons (Fsp3) is 0.579. The lowest BCUT2D eigenvalue weighted by Gasteiger charge is -2.56. The molecule has 1 spiro atoms. The number of rotatable bonds is 2. The number of likely N-dealkylation sites (N-methyl/N-ethyl adjacent to an activating group) is 1. The third-order valence-corrected chi connectivity index (χ3v) is 6.43. The molecule has 5 atom stereocenters. The normalized spacial score (nSPS) is 36.6. The van der Waals surface area contributed by atoms with E-state index in [0.29, 0.717) is 18.6 Å². The maximum absolute atomic E-state index is 10.6. The standard InChI is InChI=1S/C19H23NO3.ClH.H2O/c1-3-22-15-7-4-11-10-13-12-5-6-14(21)18-19(12,8-9-20(13)2)16(11)17(15)23-18;;/h4-7,12-14,18,21H,3,8-10H2,1-2H3;1H;1H2/t12-,13+,14-,18-,19-;;/m0../s1. The molecular weight excluding hydrogens is 342 g/mol. The van der Waals surface area contributed by atoms with Crippen LogP contribution in [0.1, 0.15) is 24.5 Å². The van der Waals surface area contributed by atoms with Crippen LogP contribution >= 0.6 is 12.4 Å². The largest absolute Gasteiger partial charge is 0.490 e. The summed E-state index contributed by atoms with van der Waals surface area (Å²) < 4.78 is 12.2. The van der Waals surface area contributed by atoms with Crippen molar-refractivity contribution in [3.8, 4) is 11.5 Å². The van der Waals surface area contributed by atoms with E-state index in [0.717, 1.165) is 30.9 Å². The predicted octanol–water partition coefficient (Wildman–Crippen LogP) is 1.49. The summed E-state index contributed by atoms with van der Waals surface area (Å²) in [5.41, 5.74) is 2.62. The molecule has 0 radical (unpaired) electrons. The molecule has 1 aromatic rings. The van der Waals surface area contributed by atoms with Crippen LogP contribution in [0.4, 0.5) is 0 Å². The average Bonchev–Trinajstić information content (AvgIpc) is 2.90. The van der Waals surface area contributed by atoms with Crippen LogP contribution in [0.5, 0.6) is 11.5 Å². The van der Waals surface area contributed by atoms with E-state index >= 15 is 0 Å². The first-order valence-electron chi connectivity index (χ1n) is 8.69. The van der Waals surface area contributed by atoms with E-state index in [9.17, 15) is 5.11 Å². The predicted molar refractivity (Wildman–Crippen MR) is 97.9 cm³/mol. The molecule has 1 aromatic carbocycles. The lowest BCUT2D eigenvalue weighted by molar-refractivity contribution is -0.0453. The van der Waals surface area contributed by atoms with Crippen LogP contribution in [-0.4, -0.2) is 53.9 Å². The summed E-state index contributed by atoms with van der Waals surface area (Å²) in [6.45, 7) is 3.68. The van der Waals surface area contributed by atoms with Gasteiger partial charge in [0.1, 0.15) is 12.2 Å². The van der Waals surface area contributed by atoms with Gasteiger partial charge in [-0.3, -0.25) is 0 Å². The van der Waals surface area contributed by atoms with Gasteiger partial charge in [-0.1, -0.05) is 18.2 Å². The zero-order chi connectivity index (χ0) is 15.8. The summed E-state index contributed by atoms with van der Waals surface area (Å²) >= 11 is 0. The summed E-state index contributed by atoms with van der Waals surface area (Å²) in [6, 6.07) is 4.75. The number of benzene rings is 1. The van der Waals surface area contributed by atoms with Gasteiger partial charge in [-0.2, -0.15) is 0 Å². The van der Waals surface area contributed by atoms with E-state index < -0.39 is 6.10 Å². The van der Waals surface area contributed by atoms with Gasteiger partial charge in [-0.05, 0) is 45.0 Å². The molecule has 1 saturated heterocycles. The van der Waals surface area contributed by atoms with Crippen molar-refractivity contribution in [3.05, 3.63) is 35.4 Å². The van der Waals surface area contributed by atoms with E-state index in [1.54, 1.807) is 0 Å². The second kappa shape index (κ2) is 6.16. The molecule has 2 bridgehead atoms. The van der Waals surface area contributed by atoms with Crippen LogP contribution in [0.25, 0.3) is 0 Å². The lowest BCUT2D eigenvalue weighted by Crippen LogP contribution is -2.64. The Morgan fingerprint density at radius 2 is 2.16 bits per heavy atom. The highest BCUT2D eigenvalue weighted by Crippen LogP contribution is 2.62. The van der Waals surface area contributed by atoms with Crippen molar-refractivity contribution in [2.24, 2.45) is 5.92 Å². The Bertz CT molecular complexity index is 709. The van der Waals surface area contributed by atoms with Gasteiger partial charge in [0.25, 0.3) is 0 Å². The van der Waals surface area contributed by atoms with Crippen LogP contribution in [0.3, 0.4) is 0 Å². The van der Waals surface area contributed by atoms with Gasteiger partial charge in [-0.15, -0.1) is 12.4 Å². The molecule has 6 heteroatoms. The maximum Gasteiger partial charge on any atom is 0.165 e. The number of aliphatic hydroxyl groups is 1. The lowest BCUT2D eigenvalue weighted by atomic mass is 9.53. The summed E-state index contributed by atoms with van der Waals surface area (Å²) in [5, 5.41) is 10.6. The molecule has 5 rings (SSSR count). The molecule has 138 valence electrons. The van der Waals surface area contributed by atoms with Crippen LogP contribution in [0, 0.1) is 5.92 Å². The van der Waals surface area contributed by atoms with Gasteiger partial charge >= 0.3 is 0 Å². The van der Waals surface area contributed by atoms with Gasteiger partial charge in [0.2, 0.25) is 0 Å². The fourth-order valence-corrected chi connectivity index (χ4v) is 5.50. The Balaban J connectivity index is 0.000000911. The molecule has 0 saturated carbocycles. The van der Waals surface area contributed by atoms with E-state index in [2.05, 4.69) is 24.1 Å². The third kappa shape index (κ3) is 2.13. The zero-order valence-corrected chi connectivity index (χ0v) is 15.4. The Kier molecular flexibility index (Phi) is 4.57. The van der Waals surface area contributed by atoms with Crippen LogP contribution in [0.2, 0.25) is 0 Å². The molecule has 2 aliphatic heterocycles. The first-order chi connectivity index (χ1) is 11.2. The van der Waals surface area contributed by atoms with Crippen molar-refractivity contribution in [2.75, 3.05) is 20.2 Å². The molecule has 4 aliphatic rings. The van der Waals surface area contributed by atoms with E-state index in [1.165, 1.54) is 11.1 Å². The molecule has 0 aromatic heterocycles. The van der Waals surface area contributed by atoms with Crippen molar-refractivity contribution in [2.45, 2.75) is 43.4 Å². The monoisotopic (exact) mass is 367 g/mol. The molecule has 5 nitrogen and oxygen atoms in total. The SMILES string of the molecule is CCOc1ccc2c3c1O[C@H]1[C@@H](O)C=C[C@H]4[C@@H](C2)N(C)CC[C@@]341.Cl.O.